The van der Waals surface area contributed by atoms with Gasteiger partial charge in [0.05, 0.1) is 0 Å². The molecule has 1 aromatic rings. The van der Waals surface area contributed by atoms with Crippen molar-refractivity contribution >= 4 is 0 Å². The molecule has 1 saturated carbocycles. The van der Waals surface area contributed by atoms with Crippen molar-refractivity contribution in [3.63, 3.8) is 0 Å². The first kappa shape index (κ1) is 16.9. The summed E-state index contributed by atoms with van der Waals surface area (Å²) in [5.41, 5.74) is 2.55. The Bertz CT molecular complexity index is 501. The molecule has 0 saturated heterocycles. The number of hydrogen-bond donors (Lipinski definition) is 0. The van der Waals surface area contributed by atoms with Crippen LogP contribution >= 0.6 is 0 Å². The normalized spacial score (nSPS) is 21.5. The molecule has 0 unspecified atom stereocenters. The summed E-state index contributed by atoms with van der Waals surface area (Å²) < 4.78 is 0. The largest absolute Gasteiger partial charge is 0.0730 e. The molecule has 1 aromatic carbocycles. The summed E-state index contributed by atoms with van der Waals surface area (Å²) in [4.78, 5) is 0. The van der Waals surface area contributed by atoms with Crippen molar-refractivity contribution in [3.8, 4) is 11.8 Å². The van der Waals surface area contributed by atoms with Crippen LogP contribution in [-0.2, 0) is 6.42 Å². The van der Waals surface area contributed by atoms with Crippen LogP contribution in [0, 0.1) is 23.7 Å². The Morgan fingerprint density at radius 2 is 1.77 bits per heavy atom. The lowest BCUT2D eigenvalue weighted by molar-refractivity contribution is 0.304. The molecule has 0 spiro atoms. The van der Waals surface area contributed by atoms with Crippen molar-refractivity contribution in [3.05, 3.63) is 47.5 Å². The van der Waals surface area contributed by atoms with Gasteiger partial charge in [-0.1, -0.05) is 56.7 Å². The molecular weight excluding hydrogens is 264 g/mol. The van der Waals surface area contributed by atoms with Crippen molar-refractivity contribution in [1.29, 1.82) is 0 Å². The summed E-state index contributed by atoms with van der Waals surface area (Å²) in [6, 6.07) is 8.74. The van der Waals surface area contributed by atoms with Crippen molar-refractivity contribution in [2.45, 2.75) is 65.2 Å². The first-order valence-corrected chi connectivity index (χ1v) is 9.09. The third-order valence-electron chi connectivity index (χ3n) is 4.91. The van der Waals surface area contributed by atoms with Gasteiger partial charge in [-0.15, -0.1) is 0 Å². The minimum atomic E-state index is 0.758. The zero-order valence-corrected chi connectivity index (χ0v) is 14.3. The molecule has 0 heterocycles. The monoisotopic (exact) mass is 294 g/mol. The van der Waals surface area contributed by atoms with Crippen LogP contribution in [-0.4, -0.2) is 0 Å². The van der Waals surface area contributed by atoms with E-state index in [0.717, 1.165) is 17.4 Å². The maximum atomic E-state index is 3.25. The Kier molecular flexibility index (Phi) is 7.31. The Morgan fingerprint density at radius 1 is 1.05 bits per heavy atom. The van der Waals surface area contributed by atoms with E-state index in [-0.39, 0.29) is 0 Å². The van der Waals surface area contributed by atoms with Gasteiger partial charge in [0.25, 0.3) is 0 Å². The van der Waals surface area contributed by atoms with E-state index in [1.165, 1.54) is 56.9 Å². The van der Waals surface area contributed by atoms with Gasteiger partial charge >= 0.3 is 0 Å². The van der Waals surface area contributed by atoms with Gasteiger partial charge in [-0.2, -0.15) is 0 Å². The van der Waals surface area contributed by atoms with E-state index < -0.39 is 0 Å². The molecule has 0 atom stereocenters. The molecule has 1 aliphatic rings. The highest BCUT2D eigenvalue weighted by atomic mass is 14.2. The van der Waals surface area contributed by atoms with Crippen molar-refractivity contribution < 1.29 is 0 Å². The number of benzene rings is 1. The van der Waals surface area contributed by atoms with Crippen LogP contribution in [0.3, 0.4) is 0 Å². The minimum Gasteiger partial charge on any atom is -0.0730 e. The zero-order valence-electron chi connectivity index (χ0n) is 14.3. The summed E-state index contributed by atoms with van der Waals surface area (Å²) in [7, 11) is 0. The summed E-state index contributed by atoms with van der Waals surface area (Å²) in [6.07, 6.45) is 15.0. The van der Waals surface area contributed by atoms with Gasteiger partial charge in [-0.3, -0.25) is 0 Å². The summed E-state index contributed by atoms with van der Waals surface area (Å²) in [5.74, 6) is 8.19. The average Bonchev–Trinajstić information content (AvgIpc) is 2.58. The lowest BCUT2D eigenvalue weighted by atomic mass is 9.81. The van der Waals surface area contributed by atoms with Gasteiger partial charge in [0, 0.05) is 5.56 Å². The second-order valence-electron chi connectivity index (χ2n) is 6.62. The molecule has 2 rings (SSSR count). The molecule has 0 radical (unpaired) electrons. The van der Waals surface area contributed by atoms with Crippen LogP contribution in [0.25, 0.3) is 0 Å². The second kappa shape index (κ2) is 9.52. The molecule has 0 bridgehead atoms. The van der Waals surface area contributed by atoms with Gasteiger partial charge in [0.15, 0.2) is 0 Å². The van der Waals surface area contributed by atoms with E-state index in [1.807, 2.05) is 0 Å². The van der Waals surface area contributed by atoms with Gasteiger partial charge in [-0.05, 0) is 74.1 Å². The maximum Gasteiger partial charge on any atom is 0.0249 e. The minimum absolute atomic E-state index is 0.758. The third-order valence-corrected chi connectivity index (χ3v) is 4.91. The molecule has 22 heavy (non-hydrogen) atoms. The van der Waals surface area contributed by atoms with Crippen molar-refractivity contribution in [2.75, 3.05) is 0 Å². The van der Waals surface area contributed by atoms with Gasteiger partial charge in [0.1, 0.15) is 0 Å². The Hall–Kier alpha value is -1.48. The van der Waals surface area contributed by atoms with Crippen molar-refractivity contribution in [2.24, 2.45) is 11.8 Å². The Labute approximate surface area is 137 Å². The van der Waals surface area contributed by atoms with E-state index >= 15 is 0 Å². The summed E-state index contributed by atoms with van der Waals surface area (Å²) in [5, 5.41) is 0. The number of rotatable bonds is 5. The molecular formula is C22H30. The smallest absolute Gasteiger partial charge is 0.0249 e. The Balaban J connectivity index is 1.79. The van der Waals surface area contributed by atoms with Gasteiger partial charge < -0.3 is 0 Å². The third kappa shape index (κ3) is 5.72. The fraction of sp³-hybridized carbons (Fsp3) is 0.545. The predicted molar refractivity (Wildman–Crippen MR) is 96.8 cm³/mol. The number of aryl methyl sites for hydroxylation is 1. The quantitative estimate of drug-likeness (QED) is 0.571. The first-order chi connectivity index (χ1) is 10.8. The lowest BCUT2D eigenvalue weighted by Gasteiger charge is -2.25. The van der Waals surface area contributed by atoms with Gasteiger partial charge in [0.2, 0.25) is 0 Å². The number of allylic oxidation sites excluding steroid dienone is 2. The highest BCUT2D eigenvalue weighted by Gasteiger charge is 2.17. The van der Waals surface area contributed by atoms with Gasteiger partial charge in [-0.25, -0.2) is 0 Å². The first-order valence-electron chi connectivity index (χ1n) is 9.09. The molecule has 1 fully saturated rings. The fourth-order valence-electron chi connectivity index (χ4n) is 3.23. The number of unbranched alkanes of at least 4 members (excludes halogenated alkanes) is 1. The molecule has 0 N–H and O–H groups in total. The van der Waals surface area contributed by atoms with E-state index in [0.29, 0.717) is 0 Å². The predicted octanol–water partition coefficient (Wildman–Crippen LogP) is 6.15. The van der Waals surface area contributed by atoms with E-state index in [1.54, 1.807) is 0 Å². The second-order valence-corrected chi connectivity index (χ2v) is 6.62. The van der Waals surface area contributed by atoms with E-state index in [9.17, 15) is 0 Å². The fourth-order valence-corrected chi connectivity index (χ4v) is 3.23. The van der Waals surface area contributed by atoms with E-state index in [4.69, 9.17) is 0 Å². The van der Waals surface area contributed by atoms with Crippen LogP contribution in [0.15, 0.2) is 36.4 Å². The Morgan fingerprint density at radius 3 is 2.41 bits per heavy atom. The molecule has 118 valence electrons. The average molecular weight is 294 g/mol. The molecule has 0 aliphatic heterocycles. The van der Waals surface area contributed by atoms with Crippen LogP contribution in [0.2, 0.25) is 0 Å². The number of hydrogen-bond acceptors (Lipinski definition) is 0. The maximum absolute atomic E-state index is 3.25. The van der Waals surface area contributed by atoms with Crippen LogP contribution < -0.4 is 0 Å². The molecule has 0 nitrogen and oxygen atoms in total. The molecule has 0 amide bonds. The summed E-state index contributed by atoms with van der Waals surface area (Å²) in [6.45, 7) is 4.56. The van der Waals surface area contributed by atoms with Crippen LogP contribution in [0.5, 0.6) is 0 Å². The van der Waals surface area contributed by atoms with Crippen molar-refractivity contribution in [1.82, 2.24) is 0 Å². The topological polar surface area (TPSA) is 0 Å². The molecule has 1 aliphatic carbocycles. The molecule has 0 aromatic heterocycles. The highest BCUT2D eigenvalue weighted by molar-refractivity contribution is 5.38. The SMILES string of the molecule is CCCCc1ccc(C#CC=CC2CCC(CC)CC2)cc1. The van der Waals surface area contributed by atoms with Crippen LogP contribution in [0.4, 0.5) is 0 Å². The highest BCUT2D eigenvalue weighted by Crippen LogP contribution is 2.31. The molecule has 0 heteroatoms. The van der Waals surface area contributed by atoms with Crippen LogP contribution in [0.1, 0.15) is 69.9 Å². The summed E-state index contributed by atoms with van der Waals surface area (Å²) >= 11 is 0. The standard InChI is InChI=1S/C22H30/c1-3-5-8-20-15-17-22(18-16-20)10-7-6-9-21-13-11-19(4-2)12-14-21/h6,9,15-19,21H,3-5,8,11-14H2,1-2H3. The van der Waals surface area contributed by atoms with E-state index in [2.05, 4.69) is 62.1 Å². The lowest BCUT2D eigenvalue weighted by Crippen LogP contribution is -2.11. The zero-order chi connectivity index (χ0) is 15.6.